The van der Waals surface area contributed by atoms with Gasteiger partial charge in [0.2, 0.25) is 5.95 Å². The van der Waals surface area contributed by atoms with Gasteiger partial charge in [0.1, 0.15) is 6.33 Å². The summed E-state index contributed by atoms with van der Waals surface area (Å²) >= 11 is 3.53. The first-order valence-corrected chi connectivity index (χ1v) is 5.35. The maximum Gasteiger partial charge on any atom is 0.246 e. The zero-order chi connectivity index (χ0) is 10.8. The first-order chi connectivity index (χ1) is 7.16. The lowest BCUT2D eigenvalue weighted by Crippen LogP contribution is -1.94. The molecular formula is C10H11BrN4. The van der Waals surface area contributed by atoms with Crippen LogP contribution in [0.25, 0.3) is 0 Å². The zero-order valence-corrected chi connectivity index (χ0v) is 10.1. The number of aromatic amines is 1. The number of rotatable bonds is 2. The van der Waals surface area contributed by atoms with Gasteiger partial charge in [0, 0.05) is 10.2 Å². The van der Waals surface area contributed by atoms with E-state index in [1.165, 1.54) is 11.1 Å². The van der Waals surface area contributed by atoms with E-state index in [9.17, 15) is 0 Å². The highest BCUT2D eigenvalue weighted by atomic mass is 79.9. The molecule has 1 heterocycles. The van der Waals surface area contributed by atoms with Gasteiger partial charge < -0.3 is 5.32 Å². The second kappa shape index (κ2) is 4.02. The fourth-order valence-electron chi connectivity index (χ4n) is 1.42. The molecule has 0 saturated carbocycles. The topological polar surface area (TPSA) is 53.6 Å². The van der Waals surface area contributed by atoms with E-state index in [4.69, 9.17) is 0 Å². The third kappa shape index (κ3) is 2.18. The van der Waals surface area contributed by atoms with E-state index < -0.39 is 0 Å². The summed E-state index contributed by atoms with van der Waals surface area (Å²) in [4.78, 5) is 4.00. The zero-order valence-electron chi connectivity index (χ0n) is 8.50. The summed E-state index contributed by atoms with van der Waals surface area (Å²) in [5.74, 6) is 0.580. The summed E-state index contributed by atoms with van der Waals surface area (Å²) in [6, 6.07) is 4.10. The minimum absolute atomic E-state index is 0.580. The standard InChI is InChI=1S/C10H11BrN4/c1-6-3-8(4-7(2)9(6)11)14-10-12-5-13-15-10/h3-5H,1-2H3,(H2,12,13,14,15). The lowest BCUT2D eigenvalue weighted by Gasteiger charge is -2.07. The van der Waals surface area contributed by atoms with E-state index >= 15 is 0 Å². The van der Waals surface area contributed by atoms with Gasteiger partial charge in [-0.1, -0.05) is 15.9 Å². The van der Waals surface area contributed by atoms with Gasteiger partial charge in [-0.3, -0.25) is 5.10 Å². The maximum absolute atomic E-state index is 4.00. The fourth-order valence-corrected chi connectivity index (χ4v) is 1.65. The van der Waals surface area contributed by atoms with Gasteiger partial charge >= 0.3 is 0 Å². The van der Waals surface area contributed by atoms with Crippen molar-refractivity contribution in [1.82, 2.24) is 15.2 Å². The SMILES string of the molecule is Cc1cc(Nc2nc[nH]n2)cc(C)c1Br. The van der Waals surface area contributed by atoms with Crippen LogP contribution in [0.3, 0.4) is 0 Å². The Balaban J connectivity index is 2.30. The molecule has 1 aromatic carbocycles. The molecule has 2 N–H and O–H groups in total. The lowest BCUT2D eigenvalue weighted by atomic mass is 10.1. The minimum Gasteiger partial charge on any atom is -0.323 e. The van der Waals surface area contributed by atoms with Gasteiger partial charge in [0.15, 0.2) is 0 Å². The van der Waals surface area contributed by atoms with Gasteiger partial charge in [-0.2, -0.15) is 0 Å². The molecule has 2 aromatic rings. The second-order valence-corrected chi connectivity index (χ2v) is 4.16. The summed E-state index contributed by atoms with van der Waals surface area (Å²) in [5, 5.41) is 9.71. The number of anilines is 2. The highest BCUT2D eigenvalue weighted by Gasteiger charge is 2.03. The predicted molar refractivity (Wildman–Crippen MR) is 63.3 cm³/mol. The van der Waals surface area contributed by atoms with Crippen LogP contribution >= 0.6 is 15.9 Å². The maximum atomic E-state index is 4.00. The van der Waals surface area contributed by atoms with Crippen molar-refractivity contribution in [3.8, 4) is 0 Å². The Morgan fingerprint density at radius 3 is 2.47 bits per heavy atom. The number of H-pyrrole nitrogens is 1. The molecule has 0 radical (unpaired) electrons. The van der Waals surface area contributed by atoms with Gasteiger partial charge in [0.05, 0.1) is 0 Å². The molecule has 0 unspecified atom stereocenters. The molecule has 0 aliphatic rings. The van der Waals surface area contributed by atoms with Crippen LogP contribution in [-0.2, 0) is 0 Å². The Labute approximate surface area is 96.3 Å². The number of aryl methyl sites for hydroxylation is 2. The van der Waals surface area contributed by atoms with Crippen molar-refractivity contribution in [1.29, 1.82) is 0 Å². The minimum atomic E-state index is 0.580. The number of nitrogens with zero attached hydrogens (tertiary/aromatic N) is 2. The average Bonchev–Trinajstić information content (AvgIpc) is 2.66. The van der Waals surface area contributed by atoms with Crippen molar-refractivity contribution in [2.24, 2.45) is 0 Å². The van der Waals surface area contributed by atoms with Gasteiger partial charge in [-0.25, -0.2) is 4.98 Å². The van der Waals surface area contributed by atoms with Crippen molar-refractivity contribution in [3.63, 3.8) is 0 Å². The molecule has 0 aliphatic carbocycles. The molecule has 5 heteroatoms. The van der Waals surface area contributed by atoms with Crippen molar-refractivity contribution in [2.45, 2.75) is 13.8 Å². The van der Waals surface area contributed by atoms with Crippen LogP contribution in [0, 0.1) is 13.8 Å². The molecule has 1 aromatic heterocycles. The molecule has 0 bridgehead atoms. The summed E-state index contributed by atoms with van der Waals surface area (Å²) in [6.07, 6.45) is 1.54. The first-order valence-electron chi connectivity index (χ1n) is 4.56. The van der Waals surface area contributed by atoms with Crippen LogP contribution in [0.4, 0.5) is 11.6 Å². The number of aromatic nitrogens is 3. The van der Waals surface area contributed by atoms with Crippen LogP contribution in [0.5, 0.6) is 0 Å². The molecule has 4 nitrogen and oxygen atoms in total. The van der Waals surface area contributed by atoms with Crippen molar-refractivity contribution in [2.75, 3.05) is 5.32 Å². The monoisotopic (exact) mass is 266 g/mol. The molecule has 0 atom stereocenters. The number of halogens is 1. The van der Waals surface area contributed by atoms with E-state index in [-0.39, 0.29) is 0 Å². The summed E-state index contributed by atoms with van der Waals surface area (Å²) in [6.45, 7) is 4.11. The average molecular weight is 267 g/mol. The quantitative estimate of drug-likeness (QED) is 0.879. The van der Waals surface area contributed by atoms with Crippen LogP contribution in [0.1, 0.15) is 11.1 Å². The molecule has 2 rings (SSSR count). The smallest absolute Gasteiger partial charge is 0.246 e. The Morgan fingerprint density at radius 1 is 1.27 bits per heavy atom. The van der Waals surface area contributed by atoms with Crippen LogP contribution in [-0.4, -0.2) is 15.2 Å². The van der Waals surface area contributed by atoms with E-state index in [0.717, 1.165) is 10.2 Å². The van der Waals surface area contributed by atoms with Crippen LogP contribution in [0.15, 0.2) is 22.9 Å². The third-order valence-corrected chi connectivity index (χ3v) is 3.36. The van der Waals surface area contributed by atoms with Crippen molar-refractivity contribution in [3.05, 3.63) is 34.1 Å². The number of benzene rings is 1. The third-order valence-electron chi connectivity index (χ3n) is 2.11. The van der Waals surface area contributed by atoms with Crippen molar-refractivity contribution >= 4 is 27.6 Å². The molecule has 0 fully saturated rings. The van der Waals surface area contributed by atoms with E-state index in [2.05, 4.69) is 50.3 Å². The summed E-state index contributed by atoms with van der Waals surface area (Å²) in [7, 11) is 0. The predicted octanol–water partition coefficient (Wildman–Crippen LogP) is 2.93. The van der Waals surface area contributed by atoms with E-state index in [1.54, 1.807) is 6.33 Å². The highest BCUT2D eigenvalue weighted by molar-refractivity contribution is 9.10. The van der Waals surface area contributed by atoms with Gasteiger partial charge in [-0.05, 0) is 37.1 Å². The Morgan fingerprint density at radius 2 is 1.93 bits per heavy atom. The summed E-state index contributed by atoms with van der Waals surface area (Å²) in [5.41, 5.74) is 3.37. The fraction of sp³-hybridized carbons (Fsp3) is 0.200. The second-order valence-electron chi connectivity index (χ2n) is 3.37. The van der Waals surface area contributed by atoms with E-state index in [0.29, 0.717) is 5.95 Å². The molecule has 0 amide bonds. The highest BCUT2D eigenvalue weighted by Crippen LogP contribution is 2.25. The van der Waals surface area contributed by atoms with Gasteiger partial charge in [0.25, 0.3) is 0 Å². The van der Waals surface area contributed by atoms with E-state index in [1.807, 2.05) is 12.1 Å². The van der Waals surface area contributed by atoms with Crippen LogP contribution < -0.4 is 5.32 Å². The largest absolute Gasteiger partial charge is 0.323 e. The Kier molecular flexibility index (Phi) is 2.73. The Hall–Kier alpha value is -1.36. The molecule has 15 heavy (non-hydrogen) atoms. The molecular weight excluding hydrogens is 256 g/mol. The lowest BCUT2D eigenvalue weighted by molar-refractivity contribution is 1.09. The molecule has 0 saturated heterocycles. The summed E-state index contributed by atoms with van der Waals surface area (Å²) < 4.78 is 1.14. The van der Waals surface area contributed by atoms with Crippen molar-refractivity contribution < 1.29 is 0 Å². The number of hydrogen-bond donors (Lipinski definition) is 2. The number of nitrogens with one attached hydrogen (secondary N) is 2. The number of hydrogen-bond acceptors (Lipinski definition) is 3. The molecule has 78 valence electrons. The molecule has 0 aliphatic heterocycles. The Bertz CT molecular complexity index is 441. The van der Waals surface area contributed by atoms with Crippen LogP contribution in [0.2, 0.25) is 0 Å². The van der Waals surface area contributed by atoms with Gasteiger partial charge in [-0.15, -0.1) is 5.10 Å². The first kappa shape index (κ1) is 10.2. The normalized spacial score (nSPS) is 10.3. The molecule has 0 spiro atoms.